The van der Waals surface area contributed by atoms with Crippen LogP contribution in [0.2, 0.25) is 0 Å². The average Bonchev–Trinajstić information content (AvgIpc) is 2.70. The first kappa shape index (κ1) is 19.5. The lowest BCUT2D eigenvalue weighted by Crippen LogP contribution is -2.34. The van der Waals surface area contributed by atoms with Gasteiger partial charge in [0, 0.05) is 13.1 Å². The molecular weight excluding hydrogens is 352 g/mol. The molecule has 138 valence electrons. The molecule has 0 aliphatic rings. The molecule has 0 aliphatic carbocycles. The summed E-state index contributed by atoms with van der Waals surface area (Å²) in [5, 5.41) is 6.78. The van der Waals surface area contributed by atoms with Crippen molar-refractivity contribution in [3.8, 4) is 11.5 Å². The Bertz CT molecular complexity index is 763. The highest BCUT2D eigenvalue weighted by Crippen LogP contribution is 2.20. The number of carbonyl (C=O) groups is 1. The van der Waals surface area contributed by atoms with Crippen molar-refractivity contribution in [3.05, 3.63) is 59.2 Å². The van der Waals surface area contributed by atoms with Crippen LogP contribution in [0.3, 0.4) is 0 Å². The molecule has 7 heteroatoms. The van der Waals surface area contributed by atoms with Gasteiger partial charge in [-0.1, -0.05) is 18.2 Å². The molecule has 6 nitrogen and oxygen atoms in total. The van der Waals surface area contributed by atoms with Crippen LogP contribution in [0.25, 0.3) is 0 Å². The molecule has 0 fully saturated rings. The van der Waals surface area contributed by atoms with Crippen LogP contribution in [-0.2, 0) is 17.8 Å². The fraction of sp³-hybridized carbons (Fsp3) is 0.263. The second-order valence-electron chi connectivity index (χ2n) is 5.41. The lowest BCUT2D eigenvalue weighted by atomic mass is 10.1. The number of thiocarbonyl (C=S) groups is 1. The minimum absolute atomic E-state index is 0.381. The van der Waals surface area contributed by atoms with Crippen LogP contribution in [-0.4, -0.2) is 32.4 Å². The van der Waals surface area contributed by atoms with Crippen LogP contribution < -0.4 is 20.1 Å². The minimum Gasteiger partial charge on any atom is -0.497 e. The zero-order valence-corrected chi connectivity index (χ0v) is 15.8. The fourth-order valence-electron chi connectivity index (χ4n) is 2.31. The van der Waals surface area contributed by atoms with Gasteiger partial charge in [-0.3, -0.25) is 0 Å². The highest BCUT2D eigenvalue weighted by Gasteiger charge is 2.13. The van der Waals surface area contributed by atoms with Gasteiger partial charge in [0.2, 0.25) is 0 Å². The van der Waals surface area contributed by atoms with E-state index in [1.807, 2.05) is 30.3 Å². The first-order valence-corrected chi connectivity index (χ1v) is 8.38. The predicted molar refractivity (Wildman–Crippen MR) is 104 cm³/mol. The van der Waals surface area contributed by atoms with Gasteiger partial charge in [-0.15, -0.1) is 0 Å². The van der Waals surface area contributed by atoms with Gasteiger partial charge in [-0.25, -0.2) is 4.79 Å². The van der Waals surface area contributed by atoms with Gasteiger partial charge in [0.1, 0.15) is 17.1 Å². The fourth-order valence-corrected chi connectivity index (χ4v) is 2.45. The number of benzene rings is 2. The largest absolute Gasteiger partial charge is 0.497 e. The predicted octanol–water partition coefficient (Wildman–Crippen LogP) is 2.65. The van der Waals surface area contributed by atoms with Crippen molar-refractivity contribution >= 4 is 23.3 Å². The molecule has 0 amide bonds. The number of esters is 1. The molecule has 0 saturated carbocycles. The van der Waals surface area contributed by atoms with Crippen molar-refractivity contribution in [2.45, 2.75) is 13.1 Å². The van der Waals surface area contributed by atoms with Gasteiger partial charge >= 0.3 is 5.97 Å². The zero-order valence-electron chi connectivity index (χ0n) is 15.0. The number of hydrogen-bond acceptors (Lipinski definition) is 5. The maximum atomic E-state index is 11.8. The monoisotopic (exact) mass is 374 g/mol. The van der Waals surface area contributed by atoms with Crippen molar-refractivity contribution in [2.75, 3.05) is 21.3 Å². The molecule has 2 N–H and O–H groups in total. The third-order valence-corrected chi connectivity index (χ3v) is 4.02. The van der Waals surface area contributed by atoms with Gasteiger partial charge in [-0.2, -0.15) is 0 Å². The van der Waals surface area contributed by atoms with E-state index in [1.165, 1.54) is 14.2 Å². The molecule has 0 spiro atoms. The smallest absolute Gasteiger partial charge is 0.341 e. The van der Waals surface area contributed by atoms with Crippen LogP contribution in [0.1, 0.15) is 21.5 Å². The van der Waals surface area contributed by atoms with Crippen molar-refractivity contribution in [3.63, 3.8) is 0 Å². The van der Waals surface area contributed by atoms with E-state index in [0.717, 1.165) is 16.9 Å². The van der Waals surface area contributed by atoms with Gasteiger partial charge in [0.25, 0.3) is 0 Å². The summed E-state index contributed by atoms with van der Waals surface area (Å²) >= 11 is 5.29. The molecule has 0 heterocycles. The molecule has 0 aromatic heterocycles. The number of nitrogens with one attached hydrogen (secondary N) is 2. The Labute approximate surface area is 158 Å². The van der Waals surface area contributed by atoms with E-state index >= 15 is 0 Å². The molecule has 2 aromatic rings. The first-order chi connectivity index (χ1) is 12.6. The highest BCUT2D eigenvalue weighted by molar-refractivity contribution is 7.80. The number of carbonyl (C=O) groups excluding carboxylic acids is 1. The summed E-state index contributed by atoms with van der Waals surface area (Å²) in [4.78, 5) is 11.8. The summed E-state index contributed by atoms with van der Waals surface area (Å²) in [6.07, 6.45) is 0. The second-order valence-corrected chi connectivity index (χ2v) is 5.82. The number of hydrogen-bond donors (Lipinski definition) is 2. The minimum atomic E-state index is -0.441. The molecule has 0 saturated heterocycles. The lowest BCUT2D eigenvalue weighted by molar-refractivity contribution is 0.0597. The average molecular weight is 374 g/mol. The van der Waals surface area contributed by atoms with E-state index in [2.05, 4.69) is 10.6 Å². The highest BCUT2D eigenvalue weighted by atomic mass is 32.1. The van der Waals surface area contributed by atoms with Crippen LogP contribution in [0.4, 0.5) is 0 Å². The van der Waals surface area contributed by atoms with Gasteiger partial charge in [0.15, 0.2) is 5.11 Å². The normalized spacial score (nSPS) is 9.96. The second kappa shape index (κ2) is 9.62. The topological polar surface area (TPSA) is 68.8 Å². The molecular formula is C19H22N2O4S. The van der Waals surface area contributed by atoms with Gasteiger partial charge in [0.05, 0.1) is 21.3 Å². The van der Waals surface area contributed by atoms with Crippen molar-refractivity contribution < 1.29 is 19.0 Å². The van der Waals surface area contributed by atoms with Crippen molar-refractivity contribution in [2.24, 2.45) is 0 Å². The van der Waals surface area contributed by atoms with Crippen LogP contribution in [0, 0.1) is 0 Å². The Morgan fingerprint density at radius 2 is 1.54 bits per heavy atom. The third-order valence-electron chi connectivity index (χ3n) is 3.73. The maximum Gasteiger partial charge on any atom is 0.341 e. The van der Waals surface area contributed by atoms with Crippen LogP contribution >= 0.6 is 12.2 Å². The first-order valence-electron chi connectivity index (χ1n) is 7.97. The molecule has 0 aliphatic heterocycles. The van der Waals surface area contributed by atoms with Crippen molar-refractivity contribution in [1.82, 2.24) is 10.6 Å². The van der Waals surface area contributed by atoms with Crippen LogP contribution in [0.15, 0.2) is 42.5 Å². The number of methoxy groups -OCH3 is 3. The Morgan fingerprint density at radius 1 is 0.923 bits per heavy atom. The van der Waals surface area contributed by atoms with E-state index in [1.54, 1.807) is 19.2 Å². The standard InChI is InChI=1S/C19H22N2O4S/c1-23-15-7-4-13(5-8-15)11-20-19(26)21-12-14-6-9-17(24-2)16(10-14)18(22)25-3/h4-10H,11-12H2,1-3H3,(H2,20,21,26). The summed E-state index contributed by atoms with van der Waals surface area (Å²) in [5.41, 5.74) is 2.36. The van der Waals surface area contributed by atoms with E-state index < -0.39 is 5.97 Å². The van der Waals surface area contributed by atoms with E-state index in [4.69, 9.17) is 26.4 Å². The Balaban J connectivity index is 1.89. The molecule has 2 aromatic carbocycles. The molecule has 0 bridgehead atoms. The molecule has 0 radical (unpaired) electrons. The zero-order chi connectivity index (χ0) is 18.9. The van der Waals surface area contributed by atoms with Gasteiger partial charge < -0.3 is 24.8 Å². The van der Waals surface area contributed by atoms with Gasteiger partial charge in [-0.05, 0) is 47.6 Å². The third kappa shape index (κ3) is 5.35. The Hall–Kier alpha value is -2.80. The Morgan fingerprint density at radius 3 is 2.12 bits per heavy atom. The number of rotatable bonds is 7. The molecule has 0 atom stereocenters. The van der Waals surface area contributed by atoms with Crippen molar-refractivity contribution in [1.29, 1.82) is 0 Å². The summed E-state index contributed by atoms with van der Waals surface area (Å²) in [6, 6.07) is 13.1. The van der Waals surface area contributed by atoms with E-state index in [9.17, 15) is 4.79 Å². The summed E-state index contributed by atoms with van der Waals surface area (Å²) in [7, 11) is 4.49. The van der Waals surface area contributed by atoms with Crippen LogP contribution in [0.5, 0.6) is 11.5 Å². The lowest BCUT2D eigenvalue weighted by Gasteiger charge is -2.13. The summed E-state index contributed by atoms with van der Waals surface area (Å²) in [6.45, 7) is 1.08. The molecule has 0 unspecified atom stereocenters. The van der Waals surface area contributed by atoms with E-state index in [-0.39, 0.29) is 0 Å². The number of ether oxygens (including phenoxy) is 3. The maximum absolute atomic E-state index is 11.8. The van der Waals surface area contributed by atoms with E-state index in [0.29, 0.717) is 29.5 Å². The molecule has 2 rings (SSSR count). The Kier molecular flexibility index (Phi) is 7.23. The quantitative estimate of drug-likeness (QED) is 0.570. The summed E-state index contributed by atoms with van der Waals surface area (Å²) < 4.78 is 15.1. The molecule has 26 heavy (non-hydrogen) atoms. The SMILES string of the molecule is COC(=O)c1cc(CNC(=S)NCc2ccc(OC)cc2)ccc1OC. The summed E-state index contributed by atoms with van der Waals surface area (Å²) in [5.74, 6) is 0.847.